The molecule has 1 nitrogen and oxygen atoms in total. The number of anilines is 1. The fourth-order valence-corrected chi connectivity index (χ4v) is 1.33. The number of aryl methyl sites for hydroxylation is 1. The van der Waals surface area contributed by atoms with Gasteiger partial charge in [-0.05, 0) is 37.1 Å². The van der Waals surface area contributed by atoms with Gasteiger partial charge in [0.2, 0.25) is 0 Å². The molecule has 0 saturated carbocycles. The minimum atomic E-state index is 1.02. The van der Waals surface area contributed by atoms with Gasteiger partial charge in [-0.3, -0.25) is 0 Å². The van der Waals surface area contributed by atoms with E-state index in [1.54, 1.807) is 0 Å². The molecule has 2 aromatic rings. The predicted octanol–water partition coefficient (Wildman–Crippen LogP) is 3.42. The number of rotatable bonds is 1. The predicted molar refractivity (Wildman–Crippen MR) is 68.1 cm³/mol. The average Bonchev–Trinajstić information content (AvgIpc) is 2.33. The van der Waals surface area contributed by atoms with Crippen LogP contribution in [0.3, 0.4) is 0 Å². The third-order valence-corrected chi connectivity index (χ3v) is 2.24. The molecule has 2 aromatic carbocycles. The minimum absolute atomic E-state index is 1.02. The first-order valence-electron chi connectivity index (χ1n) is 5.23. The monoisotopic (exact) mass is 207 g/mol. The zero-order valence-electron chi connectivity index (χ0n) is 9.20. The Kier molecular flexibility index (Phi) is 3.25. The molecule has 16 heavy (non-hydrogen) atoms. The Morgan fingerprint density at radius 1 is 0.875 bits per heavy atom. The smallest absolute Gasteiger partial charge is 0.0459 e. The molecule has 0 amide bonds. The van der Waals surface area contributed by atoms with Crippen molar-refractivity contribution < 1.29 is 0 Å². The molecule has 0 heterocycles. The van der Waals surface area contributed by atoms with Gasteiger partial charge in [-0.25, -0.2) is 0 Å². The molecule has 0 radical (unpaired) electrons. The van der Waals surface area contributed by atoms with E-state index in [1.807, 2.05) is 42.5 Å². The summed E-state index contributed by atoms with van der Waals surface area (Å²) in [6, 6.07) is 21.0. The molecule has 0 saturated heterocycles. The Hall–Kier alpha value is -2.20. The van der Waals surface area contributed by atoms with Gasteiger partial charge in [0.25, 0.3) is 0 Å². The zero-order chi connectivity index (χ0) is 11.2. The third kappa shape index (κ3) is 2.90. The van der Waals surface area contributed by atoms with Gasteiger partial charge in [-0.15, -0.1) is 0 Å². The van der Waals surface area contributed by atoms with E-state index in [-0.39, 0.29) is 0 Å². The molecule has 0 unspecified atom stereocenters. The third-order valence-electron chi connectivity index (χ3n) is 2.24. The highest BCUT2D eigenvalue weighted by Gasteiger charge is 1.86. The number of nitrogens with one attached hydrogen (secondary N) is 1. The quantitative estimate of drug-likeness (QED) is 0.558. The number of hydrogen-bond acceptors (Lipinski definition) is 1. The van der Waals surface area contributed by atoms with Crippen molar-refractivity contribution in [2.45, 2.75) is 6.92 Å². The van der Waals surface area contributed by atoms with Crippen LogP contribution in [0.1, 0.15) is 11.1 Å². The van der Waals surface area contributed by atoms with Crippen molar-refractivity contribution in [2.24, 2.45) is 0 Å². The maximum Gasteiger partial charge on any atom is 0.0459 e. The molecule has 0 spiro atoms. The molecule has 1 heteroatoms. The van der Waals surface area contributed by atoms with Crippen LogP contribution in [0.2, 0.25) is 0 Å². The normalized spacial score (nSPS) is 9.06. The van der Waals surface area contributed by atoms with Crippen LogP contribution in [0.5, 0.6) is 0 Å². The van der Waals surface area contributed by atoms with Crippen molar-refractivity contribution in [3.63, 3.8) is 0 Å². The molecule has 0 bridgehead atoms. The lowest BCUT2D eigenvalue weighted by Gasteiger charge is -1.95. The van der Waals surface area contributed by atoms with E-state index in [0.29, 0.717) is 0 Å². The molecule has 0 fully saturated rings. The topological polar surface area (TPSA) is 12.0 Å². The lowest BCUT2D eigenvalue weighted by molar-refractivity contribution is 1.46. The summed E-state index contributed by atoms with van der Waals surface area (Å²) >= 11 is 0. The summed E-state index contributed by atoms with van der Waals surface area (Å²) in [5.74, 6) is 3.06. The SMILES string of the molecule is Cc1ccc(C#CNc2ccccc2)cc1. The Morgan fingerprint density at radius 2 is 1.56 bits per heavy atom. The Bertz CT molecular complexity index is 501. The van der Waals surface area contributed by atoms with Crippen LogP contribution in [0.4, 0.5) is 5.69 Å². The number of para-hydroxylation sites is 1. The molecule has 0 atom stereocenters. The van der Waals surface area contributed by atoms with Crippen molar-refractivity contribution in [1.82, 2.24) is 0 Å². The van der Waals surface area contributed by atoms with E-state index in [2.05, 4.69) is 36.3 Å². The van der Waals surface area contributed by atoms with Crippen molar-refractivity contribution in [3.8, 4) is 12.0 Å². The first-order valence-corrected chi connectivity index (χ1v) is 5.23. The fraction of sp³-hybridized carbons (Fsp3) is 0.0667. The van der Waals surface area contributed by atoms with Gasteiger partial charge in [-0.2, -0.15) is 0 Å². The van der Waals surface area contributed by atoms with Gasteiger partial charge in [-0.1, -0.05) is 35.9 Å². The molecule has 1 N–H and O–H groups in total. The second-order valence-electron chi connectivity index (χ2n) is 3.61. The van der Waals surface area contributed by atoms with E-state index < -0.39 is 0 Å². The van der Waals surface area contributed by atoms with Gasteiger partial charge >= 0.3 is 0 Å². The van der Waals surface area contributed by atoms with Crippen molar-refractivity contribution in [2.75, 3.05) is 5.32 Å². The van der Waals surface area contributed by atoms with Crippen molar-refractivity contribution in [1.29, 1.82) is 0 Å². The summed E-state index contributed by atoms with van der Waals surface area (Å²) in [7, 11) is 0. The van der Waals surface area contributed by atoms with Gasteiger partial charge < -0.3 is 5.32 Å². The maximum atomic E-state index is 3.06. The van der Waals surface area contributed by atoms with E-state index in [4.69, 9.17) is 0 Å². The summed E-state index contributed by atoms with van der Waals surface area (Å²) in [4.78, 5) is 0. The standard InChI is InChI=1S/C15H13N/c1-13-7-9-14(10-8-13)11-12-16-15-5-3-2-4-6-15/h2-10,16H,1H3. The molecule has 0 aliphatic carbocycles. The van der Waals surface area contributed by atoms with Gasteiger partial charge in [0.15, 0.2) is 0 Å². The first-order chi connectivity index (χ1) is 7.84. The van der Waals surface area contributed by atoms with Crippen LogP contribution in [0, 0.1) is 18.9 Å². The molecular formula is C15H13N. The molecule has 78 valence electrons. The summed E-state index contributed by atoms with van der Waals surface area (Å²) in [5.41, 5.74) is 3.29. The summed E-state index contributed by atoms with van der Waals surface area (Å²) in [5, 5.41) is 3.05. The molecular weight excluding hydrogens is 194 g/mol. The summed E-state index contributed by atoms with van der Waals surface area (Å²) in [6.45, 7) is 2.07. The first kappa shape index (κ1) is 10.3. The van der Waals surface area contributed by atoms with E-state index in [9.17, 15) is 0 Å². The van der Waals surface area contributed by atoms with Gasteiger partial charge in [0.1, 0.15) is 0 Å². The average molecular weight is 207 g/mol. The van der Waals surface area contributed by atoms with E-state index in [1.165, 1.54) is 5.56 Å². The zero-order valence-corrected chi connectivity index (χ0v) is 9.20. The van der Waals surface area contributed by atoms with Crippen LogP contribution in [0.25, 0.3) is 0 Å². The summed E-state index contributed by atoms with van der Waals surface area (Å²) in [6.07, 6.45) is 0. The highest BCUT2D eigenvalue weighted by atomic mass is 14.8. The second kappa shape index (κ2) is 5.04. The molecule has 0 aromatic heterocycles. The molecule has 0 aliphatic heterocycles. The van der Waals surface area contributed by atoms with Crippen LogP contribution in [0.15, 0.2) is 54.6 Å². The minimum Gasteiger partial charge on any atom is -0.315 e. The van der Waals surface area contributed by atoms with Gasteiger partial charge in [0, 0.05) is 17.3 Å². The van der Waals surface area contributed by atoms with Crippen LogP contribution in [-0.2, 0) is 0 Å². The molecule has 2 rings (SSSR count). The van der Waals surface area contributed by atoms with Gasteiger partial charge in [0.05, 0.1) is 0 Å². The fourth-order valence-electron chi connectivity index (χ4n) is 1.33. The largest absolute Gasteiger partial charge is 0.315 e. The van der Waals surface area contributed by atoms with Crippen LogP contribution >= 0.6 is 0 Å². The Labute approximate surface area is 96.1 Å². The Morgan fingerprint density at radius 3 is 2.25 bits per heavy atom. The van der Waals surface area contributed by atoms with Crippen molar-refractivity contribution >= 4 is 5.69 Å². The molecule has 0 aliphatic rings. The highest BCUT2D eigenvalue weighted by molar-refractivity contribution is 5.49. The highest BCUT2D eigenvalue weighted by Crippen LogP contribution is 2.04. The summed E-state index contributed by atoms with van der Waals surface area (Å²) < 4.78 is 0. The lowest BCUT2D eigenvalue weighted by atomic mass is 10.2. The van der Waals surface area contributed by atoms with Crippen LogP contribution in [-0.4, -0.2) is 0 Å². The van der Waals surface area contributed by atoms with E-state index >= 15 is 0 Å². The maximum absolute atomic E-state index is 3.06. The van der Waals surface area contributed by atoms with E-state index in [0.717, 1.165) is 11.3 Å². The van der Waals surface area contributed by atoms with Crippen molar-refractivity contribution in [3.05, 3.63) is 65.7 Å². The lowest BCUT2D eigenvalue weighted by Crippen LogP contribution is -1.86. The Balaban J connectivity index is 2.03. The number of hydrogen-bond donors (Lipinski definition) is 1. The number of benzene rings is 2. The van der Waals surface area contributed by atoms with Crippen LogP contribution < -0.4 is 5.32 Å². The second-order valence-corrected chi connectivity index (χ2v) is 3.61.